The van der Waals surface area contributed by atoms with E-state index < -0.39 is 0 Å². The smallest absolute Gasteiger partial charge is 0.191 e. The monoisotopic (exact) mass is 234 g/mol. The first-order valence-electron chi connectivity index (χ1n) is 6.23. The van der Waals surface area contributed by atoms with Crippen LogP contribution in [0.1, 0.15) is 43.1 Å². The van der Waals surface area contributed by atoms with Crippen LogP contribution in [-0.2, 0) is 4.74 Å². The van der Waals surface area contributed by atoms with Crippen LogP contribution in [0.15, 0.2) is 24.3 Å². The third kappa shape index (κ3) is 4.70. The second kappa shape index (κ2) is 6.55. The number of Topliss-reactive ketones (excluding diaryl/α,β-unsaturated/α-hetero) is 1. The molecule has 1 aromatic carbocycles. The van der Waals surface area contributed by atoms with Gasteiger partial charge in [0.1, 0.15) is 6.10 Å². The number of carbonyl (C=O) groups excluding carboxylic acids is 1. The third-order valence-corrected chi connectivity index (χ3v) is 2.77. The van der Waals surface area contributed by atoms with Gasteiger partial charge in [-0.25, -0.2) is 0 Å². The highest BCUT2D eigenvalue weighted by Crippen LogP contribution is 2.09. The first-order chi connectivity index (χ1) is 8.00. The van der Waals surface area contributed by atoms with Crippen molar-refractivity contribution in [3.63, 3.8) is 0 Å². The Hall–Kier alpha value is -1.15. The molecule has 0 radical (unpaired) electrons. The molecular formula is C15H22O2. The minimum atomic E-state index is -0.351. The number of aryl methyl sites for hydroxylation is 1. The number of carbonyl (C=O) groups is 1. The Bertz CT molecular complexity index is 352. The van der Waals surface area contributed by atoms with Gasteiger partial charge in [-0.05, 0) is 26.2 Å². The van der Waals surface area contributed by atoms with Crippen molar-refractivity contribution in [1.29, 1.82) is 0 Å². The van der Waals surface area contributed by atoms with Gasteiger partial charge in [-0.1, -0.05) is 43.7 Å². The minimum absolute atomic E-state index is 0.0637. The molecule has 1 aromatic rings. The first-order valence-corrected chi connectivity index (χ1v) is 6.23. The summed E-state index contributed by atoms with van der Waals surface area (Å²) in [6, 6.07) is 7.63. The van der Waals surface area contributed by atoms with E-state index in [2.05, 4.69) is 13.8 Å². The molecule has 0 bridgehead atoms. The largest absolute Gasteiger partial charge is 0.370 e. The Balaban J connectivity index is 2.49. The van der Waals surface area contributed by atoms with Crippen LogP contribution in [0.3, 0.4) is 0 Å². The summed E-state index contributed by atoms with van der Waals surface area (Å²) in [6.07, 6.45) is 0.641. The van der Waals surface area contributed by atoms with Crippen LogP contribution in [0.2, 0.25) is 0 Å². The maximum absolute atomic E-state index is 12.0. The highest BCUT2D eigenvalue weighted by molar-refractivity contribution is 5.99. The topological polar surface area (TPSA) is 26.3 Å². The van der Waals surface area contributed by atoms with Gasteiger partial charge in [0.05, 0.1) is 0 Å². The van der Waals surface area contributed by atoms with Crippen LogP contribution < -0.4 is 0 Å². The molecule has 1 unspecified atom stereocenters. The summed E-state index contributed by atoms with van der Waals surface area (Å²) in [4.78, 5) is 12.0. The van der Waals surface area contributed by atoms with Crippen LogP contribution in [0.25, 0.3) is 0 Å². The molecule has 0 N–H and O–H groups in total. The highest BCUT2D eigenvalue weighted by Gasteiger charge is 2.15. The summed E-state index contributed by atoms with van der Waals surface area (Å²) in [5, 5.41) is 0. The number of rotatable bonds is 6. The molecular weight excluding hydrogens is 212 g/mol. The fraction of sp³-hybridized carbons (Fsp3) is 0.533. The molecule has 0 amide bonds. The van der Waals surface area contributed by atoms with Gasteiger partial charge in [-0.3, -0.25) is 4.79 Å². The third-order valence-electron chi connectivity index (χ3n) is 2.77. The van der Waals surface area contributed by atoms with E-state index in [4.69, 9.17) is 4.74 Å². The lowest BCUT2D eigenvalue weighted by Crippen LogP contribution is -2.21. The second-order valence-corrected chi connectivity index (χ2v) is 4.93. The van der Waals surface area contributed by atoms with E-state index in [1.165, 1.54) is 0 Å². The van der Waals surface area contributed by atoms with Crippen LogP contribution in [0.4, 0.5) is 0 Å². The lowest BCUT2D eigenvalue weighted by molar-refractivity contribution is 0.0443. The SMILES string of the molecule is Cc1ccc(C(=O)C(C)OCCC(C)C)cc1. The van der Waals surface area contributed by atoms with Gasteiger partial charge in [0.25, 0.3) is 0 Å². The Morgan fingerprint density at radius 1 is 1.18 bits per heavy atom. The lowest BCUT2D eigenvalue weighted by atomic mass is 10.1. The van der Waals surface area contributed by atoms with Crippen molar-refractivity contribution in [2.45, 2.75) is 40.2 Å². The van der Waals surface area contributed by atoms with Crippen molar-refractivity contribution in [2.24, 2.45) is 5.92 Å². The Kier molecular flexibility index (Phi) is 5.36. The van der Waals surface area contributed by atoms with Crippen molar-refractivity contribution >= 4 is 5.78 Å². The van der Waals surface area contributed by atoms with Gasteiger partial charge in [0.15, 0.2) is 5.78 Å². The van der Waals surface area contributed by atoms with Crippen molar-refractivity contribution in [3.8, 4) is 0 Å². The van der Waals surface area contributed by atoms with Crippen molar-refractivity contribution in [2.75, 3.05) is 6.61 Å². The van der Waals surface area contributed by atoms with E-state index in [-0.39, 0.29) is 11.9 Å². The Morgan fingerprint density at radius 2 is 1.76 bits per heavy atom. The van der Waals surface area contributed by atoms with Crippen molar-refractivity contribution < 1.29 is 9.53 Å². The number of ether oxygens (including phenoxy) is 1. The normalized spacial score (nSPS) is 12.8. The minimum Gasteiger partial charge on any atom is -0.370 e. The van der Waals surface area contributed by atoms with E-state index in [0.717, 1.165) is 17.5 Å². The predicted octanol–water partition coefficient (Wildman–Crippen LogP) is 3.63. The van der Waals surface area contributed by atoms with Crippen LogP contribution in [0, 0.1) is 12.8 Å². The number of ketones is 1. The van der Waals surface area contributed by atoms with Crippen LogP contribution in [0.5, 0.6) is 0 Å². The molecule has 0 aliphatic rings. The van der Waals surface area contributed by atoms with Crippen molar-refractivity contribution in [1.82, 2.24) is 0 Å². The summed E-state index contributed by atoms with van der Waals surface area (Å²) < 4.78 is 5.55. The first kappa shape index (κ1) is 13.9. The standard InChI is InChI=1S/C15H22O2/c1-11(2)9-10-17-13(4)15(16)14-7-5-12(3)6-8-14/h5-8,11,13H,9-10H2,1-4H3. The molecule has 1 atom stereocenters. The molecule has 0 aromatic heterocycles. The molecule has 2 heteroatoms. The van der Waals surface area contributed by atoms with Gasteiger partial charge in [-0.2, -0.15) is 0 Å². The van der Waals surface area contributed by atoms with Crippen molar-refractivity contribution in [3.05, 3.63) is 35.4 Å². The quantitative estimate of drug-likeness (QED) is 0.703. The van der Waals surface area contributed by atoms with E-state index in [1.54, 1.807) is 0 Å². The second-order valence-electron chi connectivity index (χ2n) is 4.93. The summed E-state index contributed by atoms with van der Waals surface area (Å²) in [5.74, 6) is 0.672. The number of hydrogen-bond acceptors (Lipinski definition) is 2. The Morgan fingerprint density at radius 3 is 2.29 bits per heavy atom. The lowest BCUT2D eigenvalue weighted by Gasteiger charge is -2.13. The molecule has 0 spiro atoms. The molecule has 0 saturated heterocycles. The molecule has 1 rings (SSSR count). The summed E-state index contributed by atoms with van der Waals surface area (Å²) >= 11 is 0. The van der Waals surface area contributed by atoms with Gasteiger partial charge in [0, 0.05) is 12.2 Å². The maximum atomic E-state index is 12.0. The van der Waals surface area contributed by atoms with Gasteiger partial charge < -0.3 is 4.74 Å². The maximum Gasteiger partial charge on any atom is 0.191 e. The number of benzene rings is 1. The fourth-order valence-corrected chi connectivity index (χ4v) is 1.51. The molecule has 0 aliphatic carbocycles. The van der Waals surface area contributed by atoms with Gasteiger partial charge in [-0.15, -0.1) is 0 Å². The zero-order valence-corrected chi connectivity index (χ0v) is 11.2. The average Bonchev–Trinajstić information content (AvgIpc) is 2.28. The number of hydrogen-bond donors (Lipinski definition) is 0. The molecule has 17 heavy (non-hydrogen) atoms. The molecule has 0 saturated carbocycles. The van der Waals surface area contributed by atoms with Gasteiger partial charge >= 0.3 is 0 Å². The van der Waals surface area contributed by atoms with Crippen LogP contribution >= 0.6 is 0 Å². The van der Waals surface area contributed by atoms with Gasteiger partial charge in [0.2, 0.25) is 0 Å². The van der Waals surface area contributed by atoms with E-state index >= 15 is 0 Å². The summed E-state index contributed by atoms with van der Waals surface area (Å²) in [7, 11) is 0. The zero-order valence-electron chi connectivity index (χ0n) is 11.2. The molecule has 94 valence electrons. The zero-order chi connectivity index (χ0) is 12.8. The fourth-order valence-electron chi connectivity index (χ4n) is 1.51. The highest BCUT2D eigenvalue weighted by atomic mass is 16.5. The summed E-state index contributed by atoms with van der Waals surface area (Å²) in [6.45, 7) is 8.78. The predicted molar refractivity (Wildman–Crippen MR) is 70.4 cm³/mol. The molecule has 2 nitrogen and oxygen atoms in total. The molecule has 0 fully saturated rings. The van der Waals surface area contributed by atoms with E-state index in [1.807, 2.05) is 38.1 Å². The van der Waals surface area contributed by atoms with E-state index in [0.29, 0.717) is 12.5 Å². The molecule has 0 aliphatic heterocycles. The Labute approximate surface area is 104 Å². The molecule has 0 heterocycles. The summed E-state index contributed by atoms with van der Waals surface area (Å²) in [5.41, 5.74) is 1.89. The van der Waals surface area contributed by atoms with Crippen LogP contribution in [-0.4, -0.2) is 18.5 Å². The average molecular weight is 234 g/mol. The van der Waals surface area contributed by atoms with E-state index in [9.17, 15) is 4.79 Å².